The number of guanidine groups is 1. The highest BCUT2D eigenvalue weighted by Crippen LogP contribution is 2.17. The number of ether oxygens (including phenoxy) is 1. The molecule has 0 saturated heterocycles. The van der Waals surface area contributed by atoms with Crippen LogP contribution >= 0.6 is 0 Å². The van der Waals surface area contributed by atoms with E-state index in [0.717, 1.165) is 47.9 Å². The average Bonchev–Trinajstić information content (AvgIpc) is 2.72. The van der Waals surface area contributed by atoms with Crippen molar-refractivity contribution in [2.24, 2.45) is 4.99 Å². The average molecular weight is 383 g/mol. The molecular formula is C22H30N4O2. The fraction of sp³-hybridized carbons (Fsp3) is 0.364. The van der Waals surface area contributed by atoms with Crippen molar-refractivity contribution in [3.8, 4) is 5.75 Å². The minimum absolute atomic E-state index is 0.0491. The lowest BCUT2D eigenvalue weighted by Crippen LogP contribution is -2.37. The maximum atomic E-state index is 11.6. The predicted octanol–water partition coefficient (Wildman–Crippen LogP) is 3.34. The highest BCUT2D eigenvalue weighted by Gasteiger charge is 2.04. The molecule has 28 heavy (non-hydrogen) atoms. The zero-order valence-corrected chi connectivity index (χ0v) is 16.9. The SMILES string of the molecule is CCCC(=O)Nc1ccc(CNC(=NC)NCCc2ccccc2OC)cc1. The van der Waals surface area contributed by atoms with Gasteiger partial charge >= 0.3 is 0 Å². The first kappa shape index (κ1) is 21.3. The summed E-state index contributed by atoms with van der Waals surface area (Å²) < 4.78 is 5.38. The second-order valence-corrected chi connectivity index (χ2v) is 6.41. The summed E-state index contributed by atoms with van der Waals surface area (Å²) in [6, 6.07) is 15.8. The van der Waals surface area contributed by atoms with Gasteiger partial charge in [0.05, 0.1) is 7.11 Å². The summed E-state index contributed by atoms with van der Waals surface area (Å²) >= 11 is 0. The van der Waals surface area contributed by atoms with Crippen molar-refractivity contribution in [3.05, 3.63) is 59.7 Å². The van der Waals surface area contributed by atoms with Crippen LogP contribution in [0.15, 0.2) is 53.5 Å². The standard InChI is InChI=1S/C22H30N4O2/c1-4-7-21(27)26-19-12-10-17(11-13-19)16-25-22(23-2)24-15-14-18-8-5-6-9-20(18)28-3/h5-6,8-13H,4,7,14-16H2,1-3H3,(H,26,27)(H2,23,24,25). The van der Waals surface area contributed by atoms with Crippen LogP contribution in [0.4, 0.5) is 5.69 Å². The van der Waals surface area contributed by atoms with E-state index in [-0.39, 0.29) is 5.91 Å². The van der Waals surface area contributed by atoms with Gasteiger partial charge in [-0.25, -0.2) is 0 Å². The monoisotopic (exact) mass is 382 g/mol. The molecule has 3 N–H and O–H groups in total. The fourth-order valence-corrected chi connectivity index (χ4v) is 2.79. The van der Waals surface area contributed by atoms with Crippen molar-refractivity contribution in [2.75, 3.05) is 26.0 Å². The number of nitrogens with one attached hydrogen (secondary N) is 3. The Kier molecular flexibility index (Phi) is 8.85. The molecule has 0 radical (unpaired) electrons. The first-order chi connectivity index (χ1) is 13.7. The number of rotatable bonds is 9. The van der Waals surface area contributed by atoms with Gasteiger partial charge in [0.2, 0.25) is 5.91 Å². The van der Waals surface area contributed by atoms with Gasteiger partial charge in [0, 0.05) is 32.2 Å². The Morgan fingerprint density at radius 3 is 2.50 bits per heavy atom. The molecule has 2 aromatic carbocycles. The van der Waals surface area contributed by atoms with Gasteiger partial charge in [0.1, 0.15) is 5.75 Å². The van der Waals surface area contributed by atoms with Gasteiger partial charge in [-0.3, -0.25) is 9.79 Å². The van der Waals surface area contributed by atoms with Crippen molar-refractivity contribution < 1.29 is 9.53 Å². The molecule has 0 saturated carbocycles. The first-order valence-corrected chi connectivity index (χ1v) is 9.61. The molecule has 0 fully saturated rings. The number of anilines is 1. The molecule has 0 aromatic heterocycles. The van der Waals surface area contributed by atoms with Crippen molar-refractivity contribution in [1.29, 1.82) is 0 Å². The third-order valence-electron chi connectivity index (χ3n) is 4.28. The number of benzene rings is 2. The van der Waals surface area contributed by atoms with E-state index >= 15 is 0 Å². The number of carbonyl (C=O) groups excluding carboxylic acids is 1. The van der Waals surface area contributed by atoms with E-state index in [4.69, 9.17) is 4.74 Å². The number of carbonyl (C=O) groups is 1. The summed E-state index contributed by atoms with van der Waals surface area (Å²) in [6.07, 6.45) is 2.23. The molecule has 0 unspecified atom stereocenters. The number of nitrogens with zero attached hydrogens (tertiary/aromatic N) is 1. The summed E-state index contributed by atoms with van der Waals surface area (Å²) in [5.74, 6) is 1.70. The van der Waals surface area contributed by atoms with Crippen LogP contribution in [0.3, 0.4) is 0 Å². The number of hydrogen-bond donors (Lipinski definition) is 3. The van der Waals surface area contributed by atoms with E-state index in [1.807, 2.05) is 49.4 Å². The molecule has 0 aliphatic heterocycles. The van der Waals surface area contributed by atoms with Crippen LogP contribution in [-0.2, 0) is 17.8 Å². The van der Waals surface area contributed by atoms with Gasteiger partial charge in [-0.15, -0.1) is 0 Å². The zero-order chi connectivity index (χ0) is 20.2. The highest BCUT2D eigenvalue weighted by atomic mass is 16.5. The number of para-hydroxylation sites is 1. The molecule has 0 heterocycles. The molecular weight excluding hydrogens is 352 g/mol. The second kappa shape index (κ2) is 11.6. The number of methoxy groups -OCH3 is 1. The Morgan fingerprint density at radius 1 is 1.07 bits per heavy atom. The molecule has 2 aromatic rings. The Labute approximate surface area is 167 Å². The molecule has 6 nitrogen and oxygen atoms in total. The normalized spacial score (nSPS) is 11.0. The van der Waals surface area contributed by atoms with Crippen molar-refractivity contribution in [3.63, 3.8) is 0 Å². The Morgan fingerprint density at radius 2 is 1.82 bits per heavy atom. The molecule has 150 valence electrons. The summed E-state index contributed by atoms with van der Waals surface area (Å²) in [4.78, 5) is 15.9. The van der Waals surface area contributed by atoms with Gasteiger partial charge in [-0.05, 0) is 42.2 Å². The lowest BCUT2D eigenvalue weighted by molar-refractivity contribution is -0.116. The van der Waals surface area contributed by atoms with Crippen LogP contribution in [-0.4, -0.2) is 32.6 Å². The topological polar surface area (TPSA) is 74.8 Å². The van der Waals surface area contributed by atoms with Gasteiger partial charge in [-0.1, -0.05) is 37.3 Å². The minimum atomic E-state index is 0.0491. The summed E-state index contributed by atoms with van der Waals surface area (Å²) in [6.45, 7) is 3.39. The van der Waals surface area contributed by atoms with E-state index in [0.29, 0.717) is 13.0 Å². The molecule has 2 rings (SSSR count). The number of aliphatic imine (C=N–C) groups is 1. The molecule has 0 aliphatic carbocycles. The smallest absolute Gasteiger partial charge is 0.224 e. The third-order valence-corrected chi connectivity index (χ3v) is 4.28. The van der Waals surface area contributed by atoms with Gasteiger partial charge in [-0.2, -0.15) is 0 Å². The largest absolute Gasteiger partial charge is 0.496 e. The Bertz CT molecular complexity index is 772. The quantitative estimate of drug-likeness (QED) is 0.459. The Balaban J connectivity index is 1.78. The van der Waals surface area contributed by atoms with Crippen LogP contribution < -0.4 is 20.7 Å². The lowest BCUT2D eigenvalue weighted by atomic mass is 10.1. The minimum Gasteiger partial charge on any atom is -0.496 e. The third kappa shape index (κ3) is 6.95. The summed E-state index contributed by atoms with van der Waals surface area (Å²) in [7, 11) is 3.44. The molecule has 1 amide bonds. The van der Waals surface area contributed by atoms with Crippen molar-refractivity contribution >= 4 is 17.6 Å². The van der Waals surface area contributed by atoms with Gasteiger partial charge < -0.3 is 20.7 Å². The van der Waals surface area contributed by atoms with E-state index in [2.05, 4.69) is 27.0 Å². The molecule has 0 bridgehead atoms. The second-order valence-electron chi connectivity index (χ2n) is 6.41. The fourth-order valence-electron chi connectivity index (χ4n) is 2.79. The maximum Gasteiger partial charge on any atom is 0.224 e. The van der Waals surface area contributed by atoms with Crippen molar-refractivity contribution in [1.82, 2.24) is 10.6 Å². The molecule has 6 heteroatoms. The van der Waals surface area contributed by atoms with E-state index in [1.165, 1.54) is 0 Å². The van der Waals surface area contributed by atoms with Crippen LogP contribution in [0.1, 0.15) is 30.9 Å². The van der Waals surface area contributed by atoms with Gasteiger partial charge in [0.15, 0.2) is 5.96 Å². The molecule has 0 spiro atoms. The molecule has 0 atom stereocenters. The van der Waals surface area contributed by atoms with Crippen LogP contribution in [0.25, 0.3) is 0 Å². The van der Waals surface area contributed by atoms with Crippen LogP contribution in [0.2, 0.25) is 0 Å². The van der Waals surface area contributed by atoms with E-state index < -0.39 is 0 Å². The lowest BCUT2D eigenvalue weighted by Gasteiger charge is -2.13. The summed E-state index contributed by atoms with van der Waals surface area (Å²) in [5.41, 5.74) is 3.09. The number of hydrogen-bond acceptors (Lipinski definition) is 3. The first-order valence-electron chi connectivity index (χ1n) is 9.61. The van der Waals surface area contributed by atoms with Gasteiger partial charge in [0.25, 0.3) is 0 Å². The van der Waals surface area contributed by atoms with E-state index in [1.54, 1.807) is 14.2 Å². The van der Waals surface area contributed by atoms with Crippen LogP contribution in [0, 0.1) is 0 Å². The Hall–Kier alpha value is -3.02. The maximum absolute atomic E-state index is 11.6. The van der Waals surface area contributed by atoms with Crippen molar-refractivity contribution in [2.45, 2.75) is 32.7 Å². The van der Waals surface area contributed by atoms with Crippen LogP contribution in [0.5, 0.6) is 5.75 Å². The van der Waals surface area contributed by atoms with E-state index in [9.17, 15) is 4.79 Å². The molecule has 0 aliphatic rings. The summed E-state index contributed by atoms with van der Waals surface area (Å²) in [5, 5.41) is 9.51. The number of amides is 1. The predicted molar refractivity (Wildman–Crippen MR) is 115 cm³/mol. The highest BCUT2D eigenvalue weighted by molar-refractivity contribution is 5.90. The zero-order valence-electron chi connectivity index (χ0n) is 16.9.